The topological polar surface area (TPSA) is 27.0 Å². The highest BCUT2D eigenvalue weighted by Gasteiger charge is 2.17. The number of nitriles is 1. The normalized spacial score (nSPS) is 11.8. The van der Waals surface area contributed by atoms with Crippen molar-refractivity contribution in [2.45, 2.75) is 26.8 Å². The van der Waals surface area contributed by atoms with E-state index in [0.717, 1.165) is 19.5 Å². The van der Waals surface area contributed by atoms with Crippen LogP contribution in [0, 0.1) is 16.7 Å². The summed E-state index contributed by atoms with van der Waals surface area (Å²) < 4.78 is 1.17. The molecule has 0 radical (unpaired) electrons. The zero-order valence-corrected chi connectivity index (χ0v) is 12.4. The first-order valence-corrected chi connectivity index (χ1v) is 6.93. The molecule has 2 nitrogen and oxygen atoms in total. The molecular weight excluding hydrogens is 284 g/mol. The third-order valence-electron chi connectivity index (χ3n) is 2.50. The molecule has 0 spiro atoms. The predicted octanol–water partition coefficient (Wildman–Crippen LogP) is 3.88. The first-order valence-electron chi connectivity index (χ1n) is 5.26. The second kappa shape index (κ2) is 5.81. The summed E-state index contributed by atoms with van der Waals surface area (Å²) in [6.07, 6.45) is 0.908. The molecule has 88 valence electrons. The maximum atomic E-state index is 8.93. The number of hydrogen-bond donors (Lipinski definition) is 0. The summed E-state index contributed by atoms with van der Waals surface area (Å²) in [5.41, 5.74) is 1.11. The van der Waals surface area contributed by atoms with Gasteiger partial charge in [-0.1, -0.05) is 0 Å². The number of nitrogens with zero attached hydrogens (tertiary/aromatic N) is 2. The van der Waals surface area contributed by atoms with Gasteiger partial charge in [0.2, 0.25) is 0 Å². The van der Waals surface area contributed by atoms with Crippen LogP contribution in [-0.2, 0) is 6.54 Å². The standard InChI is InChI=1S/C12H17BrN2S/c1-12(2,9-14)4-5-15(3)7-10-6-11(13)16-8-10/h6,8H,4-5,7H2,1-3H3. The van der Waals surface area contributed by atoms with Crippen molar-refractivity contribution in [3.63, 3.8) is 0 Å². The van der Waals surface area contributed by atoms with Crippen molar-refractivity contribution < 1.29 is 0 Å². The Balaban J connectivity index is 2.37. The van der Waals surface area contributed by atoms with E-state index in [0.29, 0.717) is 0 Å². The number of halogens is 1. The summed E-state index contributed by atoms with van der Waals surface area (Å²) >= 11 is 5.17. The quantitative estimate of drug-likeness (QED) is 0.825. The van der Waals surface area contributed by atoms with Crippen LogP contribution in [0.1, 0.15) is 25.8 Å². The van der Waals surface area contributed by atoms with Crippen molar-refractivity contribution in [2.24, 2.45) is 5.41 Å². The smallest absolute Gasteiger partial charge is 0.0701 e. The molecule has 0 N–H and O–H groups in total. The van der Waals surface area contributed by atoms with Crippen LogP contribution >= 0.6 is 27.3 Å². The molecule has 0 fully saturated rings. The maximum absolute atomic E-state index is 8.93. The summed E-state index contributed by atoms with van der Waals surface area (Å²) in [6.45, 7) is 5.88. The summed E-state index contributed by atoms with van der Waals surface area (Å²) in [5.74, 6) is 0. The first-order chi connectivity index (χ1) is 7.43. The zero-order chi connectivity index (χ0) is 12.2. The molecule has 1 rings (SSSR count). The second-order valence-electron chi connectivity index (χ2n) is 4.74. The SMILES string of the molecule is CN(CCC(C)(C)C#N)Cc1csc(Br)c1. The van der Waals surface area contributed by atoms with Crippen LogP contribution in [0.15, 0.2) is 15.2 Å². The van der Waals surface area contributed by atoms with Gasteiger partial charge in [0.15, 0.2) is 0 Å². The Bertz CT molecular complexity index is 379. The fourth-order valence-electron chi connectivity index (χ4n) is 1.35. The first kappa shape index (κ1) is 13.7. The molecule has 0 unspecified atom stereocenters. The van der Waals surface area contributed by atoms with Crippen molar-refractivity contribution in [3.8, 4) is 6.07 Å². The van der Waals surface area contributed by atoms with Gasteiger partial charge in [0, 0.05) is 6.54 Å². The molecule has 1 aromatic rings. The van der Waals surface area contributed by atoms with Crippen LogP contribution in [0.5, 0.6) is 0 Å². The maximum Gasteiger partial charge on any atom is 0.0701 e. The minimum absolute atomic E-state index is 0.219. The van der Waals surface area contributed by atoms with Crippen molar-refractivity contribution >= 4 is 27.3 Å². The van der Waals surface area contributed by atoms with Crippen LogP contribution in [-0.4, -0.2) is 18.5 Å². The Morgan fingerprint density at radius 2 is 2.25 bits per heavy atom. The summed E-state index contributed by atoms with van der Waals surface area (Å²) in [7, 11) is 2.10. The second-order valence-corrected chi connectivity index (χ2v) is 7.03. The molecule has 1 heterocycles. The van der Waals surface area contributed by atoms with Crippen molar-refractivity contribution in [1.29, 1.82) is 5.26 Å². The molecule has 0 aliphatic rings. The molecule has 0 amide bonds. The van der Waals surface area contributed by atoms with Gasteiger partial charge in [-0.25, -0.2) is 0 Å². The summed E-state index contributed by atoms with van der Waals surface area (Å²) in [4.78, 5) is 2.26. The van der Waals surface area contributed by atoms with E-state index in [1.807, 2.05) is 13.8 Å². The fourth-order valence-corrected chi connectivity index (χ4v) is 2.55. The lowest BCUT2D eigenvalue weighted by molar-refractivity contribution is 0.280. The molecule has 0 atom stereocenters. The molecule has 0 saturated carbocycles. The Morgan fingerprint density at radius 1 is 1.56 bits per heavy atom. The summed E-state index contributed by atoms with van der Waals surface area (Å²) in [6, 6.07) is 4.48. The molecule has 1 aromatic heterocycles. The van der Waals surface area contributed by atoms with Gasteiger partial charge in [0.05, 0.1) is 15.3 Å². The molecule has 0 aliphatic heterocycles. The lowest BCUT2D eigenvalue weighted by Crippen LogP contribution is -2.23. The lowest BCUT2D eigenvalue weighted by Gasteiger charge is -2.21. The van der Waals surface area contributed by atoms with E-state index in [1.54, 1.807) is 11.3 Å². The Morgan fingerprint density at radius 3 is 2.75 bits per heavy atom. The van der Waals surface area contributed by atoms with Crippen LogP contribution in [0.4, 0.5) is 0 Å². The summed E-state index contributed by atoms with van der Waals surface area (Å²) in [5, 5.41) is 11.1. The Labute approximate surface area is 110 Å². The minimum atomic E-state index is -0.219. The molecular formula is C12H17BrN2S. The van der Waals surface area contributed by atoms with E-state index in [1.165, 1.54) is 9.35 Å². The van der Waals surface area contributed by atoms with Crippen LogP contribution in [0.2, 0.25) is 0 Å². The van der Waals surface area contributed by atoms with E-state index >= 15 is 0 Å². The molecule has 0 aromatic carbocycles. The van der Waals surface area contributed by atoms with Crippen molar-refractivity contribution in [3.05, 3.63) is 20.8 Å². The highest BCUT2D eigenvalue weighted by atomic mass is 79.9. The Hall–Kier alpha value is -0.370. The fraction of sp³-hybridized carbons (Fsp3) is 0.583. The van der Waals surface area contributed by atoms with Gasteiger partial charge in [-0.05, 0) is 66.8 Å². The predicted molar refractivity (Wildman–Crippen MR) is 72.4 cm³/mol. The number of thiophene rings is 1. The van der Waals surface area contributed by atoms with Crippen molar-refractivity contribution in [1.82, 2.24) is 4.90 Å². The van der Waals surface area contributed by atoms with Gasteiger partial charge in [-0.3, -0.25) is 0 Å². The van der Waals surface area contributed by atoms with Crippen LogP contribution < -0.4 is 0 Å². The van der Waals surface area contributed by atoms with Gasteiger partial charge in [0.25, 0.3) is 0 Å². The van der Waals surface area contributed by atoms with E-state index in [-0.39, 0.29) is 5.41 Å². The van der Waals surface area contributed by atoms with E-state index < -0.39 is 0 Å². The van der Waals surface area contributed by atoms with Gasteiger partial charge < -0.3 is 4.90 Å². The number of rotatable bonds is 5. The van der Waals surface area contributed by atoms with Crippen molar-refractivity contribution in [2.75, 3.05) is 13.6 Å². The molecule has 16 heavy (non-hydrogen) atoms. The average molecular weight is 301 g/mol. The minimum Gasteiger partial charge on any atom is -0.302 e. The van der Waals surface area contributed by atoms with Gasteiger partial charge in [-0.15, -0.1) is 11.3 Å². The van der Waals surface area contributed by atoms with Crippen LogP contribution in [0.3, 0.4) is 0 Å². The van der Waals surface area contributed by atoms with Gasteiger partial charge >= 0.3 is 0 Å². The Kier molecular flexibility index (Phi) is 4.97. The molecule has 0 aliphatic carbocycles. The highest BCUT2D eigenvalue weighted by Crippen LogP contribution is 2.22. The third-order valence-corrected chi connectivity index (χ3v) is 4.05. The van der Waals surface area contributed by atoms with E-state index in [2.05, 4.69) is 45.4 Å². The van der Waals surface area contributed by atoms with Crippen LogP contribution in [0.25, 0.3) is 0 Å². The average Bonchev–Trinajstić information content (AvgIpc) is 2.61. The molecule has 0 saturated heterocycles. The lowest BCUT2D eigenvalue weighted by atomic mass is 9.91. The monoisotopic (exact) mass is 300 g/mol. The largest absolute Gasteiger partial charge is 0.302 e. The number of hydrogen-bond acceptors (Lipinski definition) is 3. The zero-order valence-electron chi connectivity index (χ0n) is 9.96. The molecule has 4 heteroatoms. The van der Waals surface area contributed by atoms with E-state index in [9.17, 15) is 0 Å². The van der Waals surface area contributed by atoms with Gasteiger partial charge in [0.1, 0.15) is 0 Å². The van der Waals surface area contributed by atoms with E-state index in [4.69, 9.17) is 5.26 Å². The highest BCUT2D eigenvalue weighted by molar-refractivity contribution is 9.11. The molecule has 0 bridgehead atoms. The third kappa shape index (κ3) is 4.65. The van der Waals surface area contributed by atoms with Gasteiger partial charge in [-0.2, -0.15) is 5.26 Å².